The molecule has 2 N–H and O–H groups in total. The first-order valence-corrected chi connectivity index (χ1v) is 5.68. The Morgan fingerprint density at radius 2 is 2.13 bits per heavy atom. The second-order valence-electron chi connectivity index (χ2n) is 4.68. The Kier molecular flexibility index (Phi) is 2.93. The molecule has 2 fully saturated rings. The third kappa shape index (κ3) is 2.70. The minimum absolute atomic E-state index is 0.0970. The zero-order valence-corrected chi connectivity index (χ0v) is 8.74. The van der Waals surface area contributed by atoms with E-state index in [0.717, 1.165) is 25.7 Å². The molecular formula is C11H17NO3. The van der Waals surface area contributed by atoms with Crippen LogP contribution < -0.4 is 5.32 Å². The molecule has 0 aromatic rings. The molecule has 1 aliphatic heterocycles. The number of carboxylic acid groups (broad SMARTS) is 1. The highest BCUT2D eigenvalue weighted by atomic mass is 16.4. The summed E-state index contributed by atoms with van der Waals surface area (Å²) in [5, 5.41) is 11.8. The molecule has 84 valence electrons. The van der Waals surface area contributed by atoms with Gasteiger partial charge in [-0.15, -0.1) is 0 Å². The van der Waals surface area contributed by atoms with Crippen LogP contribution in [0.2, 0.25) is 0 Å². The first-order chi connectivity index (χ1) is 7.16. The van der Waals surface area contributed by atoms with Crippen LogP contribution in [0.25, 0.3) is 0 Å². The Balaban J connectivity index is 2.03. The van der Waals surface area contributed by atoms with Gasteiger partial charge < -0.3 is 10.4 Å². The second-order valence-corrected chi connectivity index (χ2v) is 4.68. The number of carbonyl (C=O) groups is 2. The number of carbonyl (C=O) groups excluding carboxylic acids is 1. The number of hydrogen-bond acceptors (Lipinski definition) is 2. The maximum atomic E-state index is 11.4. The van der Waals surface area contributed by atoms with Gasteiger partial charge in [0.25, 0.3) is 0 Å². The van der Waals surface area contributed by atoms with Crippen LogP contribution in [0.4, 0.5) is 0 Å². The van der Waals surface area contributed by atoms with Gasteiger partial charge in [0.15, 0.2) is 0 Å². The summed E-state index contributed by atoms with van der Waals surface area (Å²) in [5.74, 6) is 0.0273. The molecule has 0 aromatic carbocycles. The number of amides is 1. The predicted octanol–water partition coefficient (Wildman–Crippen LogP) is 1.16. The van der Waals surface area contributed by atoms with Crippen LogP contribution in [0.15, 0.2) is 0 Å². The lowest BCUT2D eigenvalue weighted by molar-refractivity contribution is -0.138. The molecule has 0 radical (unpaired) electrons. The summed E-state index contributed by atoms with van der Waals surface area (Å²) in [6.07, 6.45) is 4.72. The van der Waals surface area contributed by atoms with Crippen LogP contribution in [0.3, 0.4) is 0 Å². The summed E-state index contributed by atoms with van der Waals surface area (Å²) in [6, 6.07) is 0.121. The van der Waals surface area contributed by atoms with Crippen molar-refractivity contribution in [1.82, 2.24) is 5.32 Å². The Hall–Kier alpha value is -1.06. The van der Waals surface area contributed by atoms with Crippen molar-refractivity contribution in [1.29, 1.82) is 0 Å². The van der Waals surface area contributed by atoms with Gasteiger partial charge in [-0.2, -0.15) is 0 Å². The molecule has 2 rings (SSSR count). The lowest BCUT2D eigenvalue weighted by atomic mass is 9.89. The van der Waals surface area contributed by atoms with E-state index in [1.807, 2.05) is 0 Å². The quantitative estimate of drug-likeness (QED) is 0.736. The Morgan fingerprint density at radius 3 is 2.73 bits per heavy atom. The normalized spacial score (nSPS) is 31.9. The van der Waals surface area contributed by atoms with Gasteiger partial charge in [0, 0.05) is 12.5 Å². The highest BCUT2D eigenvalue weighted by Gasteiger charge is 2.39. The van der Waals surface area contributed by atoms with Crippen LogP contribution in [0.5, 0.6) is 0 Å². The van der Waals surface area contributed by atoms with Crippen molar-refractivity contribution in [3.8, 4) is 0 Å². The first-order valence-electron chi connectivity index (χ1n) is 5.68. The molecule has 1 saturated heterocycles. The van der Waals surface area contributed by atoms with E-state index < -0.39 is 5.97 Å². The smallest absolute Gasteiger partial charge is 0.303 e. The van der Waals surface area contributed by atoms with Crippen molar-refractivity contribution in [3.63, 3.8) is 0 Å². The zero-order chi connectivity index (χ0) is 10.8. The van der Waals surface area contributed by atoms with Crippen LogP contribution in [0, 0.1) is 11.8 Å². The lowest BCUT2D eigenvalue weighted by Crippen LogP contribution is -2.40. The molecule has 1 amide bonds. The Bertz CT molecular complexity index is 273. The van der Waals surface area contributed by atoms with Crippen molar-refractivity contribution in [2.24, 2.45) is 11.8 Å². The average molecular weight is 211 g/mol. The molecule has 1 heterocycles. The van der Waals surface area contributed by atoms with E-state index in [1.165, 1.54) is 0 Å². The molecule has 4 heteroatoms. The Labute approximate surface area is 89.0 Å². The summed E-state index contributed by atoms with van der Waals surface area (Å²) in [7, 11) is 0. The molecule has 0 bridgehead atoms. The van der Waals surface area contributed by atoms with Crippen molar-refractivity contribution in [2.45, 2.75) is 44.6 Å². The second kappa shape index (κ2) is 4.21. The maximum Gasteiger partial charge on any atom is 0.303 e. The van der Waals surface area contributed by atoms with Gasteiger partial charge in [-0.25, -0.2) is 0 Å². The van der Waals surface area contributed by atoms with E-state index in [2.05, 4.69) is 5.32 Å². The van der Waals surface area contributed by atoms with E-state index in [4.69, 9.17) is 5.11 Å². The molecule has 0 aromatic heterocycles. The predicted molar refractivity (Wildman–Crippen MR) is 54.2 cm³/mol. The molecule has 0 spiro atoms. The zero-order valence-electron chi connectivity index (χ0n) is 8.74. The highest BCUT2D eigenvalue weighted by molar-refractivity contribution is 5.77. The molecular weight excluding hydrogens is 194 g/mol. The summed E-state index contributed by atoms with van der Waals surface area (Å²) in [4.78, 5) is 22.1. The summed E-state index contributed by atoms with van der Waals surface area (Å²) in [6.45, 7) is 0. The van der Waals surface area contributed by atoms with Gasteiger partial charge in [-0.1, -0.05) is 0 Å². The molecule has 15 heavy (non-hydrogen) atoms. The number of hydrogen-bond donors (Lipinski definition) is 2. The van der Waals surface area contributed by atoms with Crippen LogP contribution in [0.1, 0.15) is 38.5 Å². The number of carboxylic acids is 1. The van der Waals surface area contributed by atoms with Crippen LogP contribution >= 0.6 is 0 Å². The number of nitrogens with one attached hydrogen (secondary N) is 1. The topological polar surface area (TPSA) is 66.4 Å². The van der Waals surface area contributed by atoms with E-state index >= 15 is 0 Å². The van der Waals surface area contributed by atoms with E-state index in [1.54, 1.807) is 0 Å². The minimum Gasteiger partial charge on any atom is -0.481 e. The maximum absolute atomic E-state index is 11.4. The summed E-state index contributed by atoms with van der Waals surface area (Å²) < 4.78 is 0. The van der Waals surface area contributed by atoms with Gasteiger partial charge in [0.2, 0.25) is 5.91 Å². The largest absolute Gasteiger partial charge is 0.481 e. The van der Waals surface area contributed by atoms with Crippen molar-refractivity contribution in [3.05, 3.63) is 0 Å². The molecule has 4 nitrogen and oxygen atoms in total. The van der Waals surface area contributed by atoms with Crippen molar-refractivity contribution < 1.29 is 14.7 Å². The molecule has 2 atom stereocenters. The average Bonchev–Trinajstić information content (AvgIpc) is 2.93. The standard InChI is InChI=1S/C11H17NO3/c13-9-3-1-2-8(6-10(14)15)11(12-9)7-4-5-7/h7-8,11H,1-6H2,(H,12,13)(H,14,15)/t8-,11-/m0/s1. The van der Waals surface area contributed by atoms with Crippen LogP contribution in [-0.4, -0.2) is 23.0 Å². The van der Waals surface area contributed by atoms with Crippen LogP contribution in [-0.2, 0) is 9.59 Å². The third-order valence-corrected chi connectivity index (χ3v) is 3.38. The van der Waals surface area contributed by atoms with E-state index in [0.29, 0.717) is 12.3 Å². The van der Waals surface area contributed by atoms with Gasteiger partial charge in [0.05, 0.1) is 6.42 Å². The molecule has 0 unspecified atom stereocenters. The van der Waals surface area contributed by atoms with Gasteiger partial charge in [-0.05, 0) is 37.5 Å². The highest BCUT2D eigenvalue weighted by Crippen LogP contribution is 2.39. The molecule has 2 aliphatic rings. The fourth-order valence-corrected chi connectivity index (χ4v) is 2.49. The van der Waals surface area contributed by atoms with E-state index in [-0.39, 0.29) is 24.3 Å². The molecule has 1 aliphatic carbocycles. The summed E-state index contributed by atoms with van der Waals surface area (Å²) >= 11 is 0. The fourth-order valence-electron chi connectivity index (χ4n) is 2.49. The van der Waals surface area contributed by atoms with Crippen molar-refractivity contribution >= 4 is 11.9 Å². The number of aliphatic carboxylic acids is 1. The summed E-state index contributed by atoms with van der Waals surface area (Å²) in [5.41, 5.74) is 0. The van der Waals surface area contributed by atoms with Gasteiger partial charge >= 0.3 is 5.97 Å². The lowest BCUT2D eigenvalue weighted by Gasteiger charge is -2.24. The third-order valence-electron chi connectivity index (χ3n) is 3.38. The molecule has 1 saturated carbocycles. The van der Waals surface area contributed by atoms with Crippen molar-refractivity contribution in [2.75, 3.05) is 0 Å². The number of rotatable bonds is 3. The minimum atomic E-state index is -0.748. The van der Waals surface area contributed by atoms with E-state index in [9.17, 15) is 9.59 Å². The Morgan fingerprint density at radius 1 is 1.40 bits per heavy atom. The van der Waals surface area contributed by atoms with Gasteiger partial charge in [-0.3, -0.25) is 9.59 Å². The SMILES string of the molecule is O=C(O)C[C@@H]1CCCC(=O)N[C@H]1C1CC1. The first kappa shape index (κ1) is 10.5. The fraction of sp³-hybridized carbons (Fsp3) is 0.818. The van der Waals surface area contributed by atoms with Gasteiger partial charge in [0.1, 0.15) is 0 Å². The monoisotopic (exact) mass is 211 g/mol.